The number of nitrogens with zero attached hydrogens (tertiary/aromatic N) is 1. The number of aryl methyl sites for hydroxylation is 1. The molecule has 3 heteroatoms. The van der Waals surface area contributed by atoms with E-state index in [4.69, 9.17) is 10.8 Å². The van der Waals surface area contributed by atoms with Gasteiger partial charge in [0, 0.05) is 18.9 Å². The van der Waals surface area contributed by atoms with Crippen LogP contribution in [0.1, 0.15) is 12.6 Å². The molecule has 1 rings (SSSR count). The molecule has 1 aromatic heterocycles. The third-order valence-corrected chi connectivity index (χ3v) is 1.86. The Morgan fingerprint density at radius 2 is 2.36 bits per heavy atom. The van der Waals surface area contributed by atoms with Gasteiger partial charge in [-0.25, -0.2) is 0 Å². The number of hydrogen-bond acceptors (Lipinski definition) is 2. The van der Waals surface area contributed by atoms with Crippen LogP contribution in [-0.2, 0) is 12.6 Å². The van der Waals surface area contributed by atoms with Gasteiger partial charge >= 0.3 is 0 Å². The summed E-state index contributed by atoms with van der Waals surface area (Å²) in [4.78, 5) is 0. The summed E-state index contributed by atoms with van der Waals surface area (Å²) in [5.41, 5.74) is 6.13. The Labute approximate surface area is 66.4 Å². The van der Waals surface area contributed by atoms with Crippen molar-refractivity contribution in [2.24, 2.45) is 12.8 Å². The fourth-order valence-corrected chi connectivity index (χ4v) is 1.14. The van der Waals surface area contributed by atoms with Crippen molar-refractivity contribution in [2.45, 2.75) is 12.5 Å². The molecule has 1 atom stereocenters. The van der Waals surface area contributed by atoms with Gasteiger partial charge in [0.1, 0.15) is 0 Å². The minimum Gasteiger partial charge on any atom is -0.394 e. The van der Waals surface area contributed by atoms with E-state index in [1.807, 2.05) is 36.9 Å². The van der Waals surface area contributed by atoms with Gasteiger partial charge in [-0.2, -0.15) is 0 Å². The highest BCUT2D eigenvalue weighted by Crippen LogP contribution is 2.15. The monoisotopic (exact) mass is 154 g/mol. The molecule has 62 valence electrons. The fourth-order valence-electron chi connectivity index (χ4n) is 1.14. The molecule has 0 unspecified atom stereocenters. The van der Waals surface area contributed by atoms with E-state index in [0.29, 0.717) is 0 Å². The van der Waals surface area contributed by atoms with Gasteiger partial charge in [-0.05, 0) is 19.1 Å². The summed E-state index contributed by atoms with van der Waals surface area (Å²) in [6, 6.07) is 3.83. The van der Waals surface area contributed by atoms with Crippen LogP contribution in [0, 0.1) is 0 Å². The molecule has 0 amide bonds. The quantitative estimate of drug-likeness (QED) is 0.639. The first kappa shape index (κ1) is 8.30. The normalized spacial score (nSPS) is 16.4. The third kappa shape index (κ3) is 1.44. The number of aliphatic hydroxyl groups is 1. The van der Waals surface area contributed by atoms with Gasteiger partial charge in [0.2, 0.25) is 0 Å². The highest BCUT2D eigenvalue weighted by atomic mass is 16.3. The van der Waals surface area contributed by atoms with Gasteiger partial charge < -0.3 is 15.4 Å². The highest BCUT2D eigenvalue weighted by molar-refractivity contribution is 5.16. The SMILES string of the molecule is Cn1cccc1[C@](C)(N)CO. The Bertz CT molecular complexity index is 240. The van der Waals surface area contributed by atoms with Crippen molar-refractivity contribution in [1.82, 2.24) is 4.57 Å². The zero-order chi connectivity index (χ0) is 8.48. The maximum absolute atomic E-state index is 8.95. The van der Waals surface area contributed by atoms with E-state index in [2.05, 4.69) is 0 Å². The Morgan fingerprint density at radius 3 is 2.73 bits per heavy atom. The van der Waals surface area contributed by atoms with Gasteiger partial charge in [0.25, 0.3) is 0 Å². The van der Waals surface area contributed by atoms with Gasteiger partial charge in [0.15, 0.2) is 0 Å². The summed E-state index contributed by atoms with van der Waals surface area (Å²) < 4.78 is 1.91. The summed E-state index contributed by atoms with van der Waals surface area (Å²) >= 11 is 0. The molecule has 1 aromatic rings. The maximum atomic E-state index is 8.95. The second-order valence-corrected chi connectivity index (χ2v) is 3.08. The zero-order valence-electron chi connectivity index (χ0n) is 6.91. The lowest BCUT2D eigenvalue weighted by Gasteiger charge is -2.22. The van der Waals surface area contributed by atoms with E-state index in [1.54, 1.807) is 0 Å². The van der Waals surface area contributed by atoms with Crippen molar-refractivity contribution in [2.75, 3.05) is 6.61 Å². The van der Waals surface area contributed by atoms with Gasteiger partial charge in [-0.15, -0.1) is 0 Å². The van der Waals surface area contributed by atoms with Crippen LogP contribution < -0.4 is 5.73 Å². The van der Waals surface area contributed by atoms with Gasteiger partial charge in [-0.1, -0.05) is 0 Å². The molecule has 0 spiro atoms. The second-order valence-electron chi connectivity index (χ2n) is 3.08. The van der Waals surface area contributed by atoms with Crippen LogP contribution in [0.5, 0.6) is 0 Å². The van der Waals surface area contributed by atoms with E-state index < -0.39 is 5.54 Å². The van der Waals surface area contributed by atoms with Crippen molar-refractivity contribution in [3.05, 3.63) is 24.0 Å². The largest absolute Gasteiger partial charge is 0.394 e. The number of rotatable bonds is 2. The molecule has 3 nitrogen and oxygen atoms in total. The Kier molecular flexibility index (Phi) is 2.02. The van der Waals surface area contributed by atoms with E-state index in [1.165, 1.54) is 0 Å². The van der Waals surface area contributed by atoms with Crippen LogP contribution in [-0.4, -0.2) is 16.3 Å². The maximum Gasteiger partial charge on any atom is 0.0768 e. The molecule has 0 saturated carbocycles. The van der Waals surface area contributed by atoms with Crippen molar-refractivity contribution in [3.63, 3.8) is 0 Å². The van der Waals surface area contributed by atoms with Crippen LogP contribution in [0.2, 0.25) is 0 Å². The van der Waals surface area contributed by atoms with Crippen molar-refractivity contribution in [3.8, 4) is 0 Å². The average molecular weight is 154 g/mol. The van der Waals surface area contributed by atoms with Gasteiger partial charge in [0.05, 0.1) is 12.1 Å². The lowest BCUT2D eigenvalue weighted by Crippen LogP contribution is -2.38. The molecule has 0 bridgehead atoms. The summed E-state index contributed by atoms with van der Waals surface area (Å²) in [5, 5.41) is 8.95. The number of aliphatic hydroxyl groups excluding tert-OH is 1. The molecule has 0 saturated heterocycles. The first-order chi connectivity index (χ1) is 5.08. The Hall–Kier alpha value is -0.800. The predicted octanol–water partition coefficient (Wildman–Crippen LogP) is 0.191. The smallest absolute Gasteiger partial charge is 0.0768 e. The number of nitrogens with two attached hydrogens (primary N) is 1. The standard InChI is InChI=1S/C8H14N2O/c1-8(9,6-11)7-4-3-5-10(7)2/h3-5,11H,6,9H2,1-2H3/t8-/m1/s1. The van der Waals surface area contributed by atoms with Gasteiger partial charge in [-0.3, -0.25) is 0 Å². The molecule has 3 N–H and O–H groups in total. The number of aromatic nitrogens is 1. The second kappa shape index (κ2) is 2.68. The third-order valence-electron chi connectivity index (χ3n) is 1.86. The summed E-state index contributed by atoms with van der Waals surface area (Å²) in [6.07, 6.45) is 1.91. The zero-order valence-corrected chi connectivity index (χ0v) is 6.91. The summed E-state index contributed by atoms with van der Waals surface area (Å²) in [7, 11) is 1.91. The lowest BCUT2D eigenvalue weighted by atomic mass is 10.0. The molecule has 0 radical (unpaired) electrons. The first-order valence-electron chi connectivity index (χ1n) is 3.59. The van der Waals surface area contributed by atoms with Crippen LogP contribution in [0.15, 0.2) is 18.3 Å². The minimum atomic E-state index is -0.627. The molecule has 1 heterocycles. The molecular formula is C8H14N2O. The molecular weight excluding hydrogens is 140 g/mol. The molecule has 0 aliphatic carbocycles. The Morgan fingerprint density at radius 1 is 1.73 bits per heavy atom. The van der Waals surface area contributed by atoms with Crippen LogP contribution in [0.3, 0.4) is 0 Å². The average Bonchev–Trinajstić information content (AvgIpc) is 2.36. The van der Waals surface area contributed by atoms with E-state index >= 15 is 0 Å². The van der Waals surface area contributed by atoms with Crippen molar-refractivity contribution < 1.29 is 5.11 Å². The molecule has 0 aromatic carbocycles. The molecule has 0 aliphatic heterocycles. The minimum absolute atomic E-state index is 0.0369. The van der Waals surface area contributed by atoms with E-state index in [9.17, 15) is 0 Å². The number of hydrogen-bond donors (Lipinski definition) is 2. The van der Waals surface area contributed by atoms with Crippen molar-refractivity contribution >= 4 is 0 Å². The first-order valence-corrected chi connectivity index (χ1v) is 3.59. The highest BCUT2D eigenvalue weighted by Gasteiger charge is 2.21. The molecule has 0 aliphatic rings. The van der Waals surface area contributed by atoms with E-state index in [0.717, 1.165) is 5.69 Å². The summed E-state index contributed by atoms with van der Waals surface area (Å²) in [5.74, 6) is 0. The Balaban J connectivity index is 3.00. The van der Waals surface area contributed by atoms with E-state index in [-0.39, 0.29) is 6.61 Å². The molecule has 11 heavy (non-hydrogen) atoms. The topological polar surface area (TPSA) is 51.2 Å². The summed E-state index contributed by atoms with van der Waals surface area (Å²) in [6.45, 7) is 1.77. The van der Waals surface area contributed by atoms with Crippen LogP contribution in [0.25, 0.3) is 0 Å². The fraction of sp³-hybridized carbons (Fsp3) is 0.500. The van der Waals surface area contributed by atoms with Crippen LogP contribution in [0.4, 0.5) is 0 Å². The van der Waals surface area contributed by atoms with Crippen molar-refractivity contribution in [1.29, 1.82) is 0 Å². The van der Waals surface area contributed by atoms with Crippen LogP contribution >= 0.6 is 0 Å². The predicted molar refractivity (Wildman–Crippen MR) is 44.0 cm³/mol. The lowest BCUT2D eigenvalue weighted by molar-refractivity contribution is 0.204. The molecule has 0 fully saturated rings.